The van der Waals surface area contributed by atoms with Crippen molar-refractivity contribution in [2.75, 3.05) is 0 Å². The van der Waals surface area contributed by atoms with Crippen molar-refractivity contribution in [3.8, 4) is 0 Å². The zero-order valence-electron chi connectivity index (χ0n) is 4.30. The second-order valence-electron chi connectivity index (χ2n) is 0.794. The van der Waals surface area contributed by atoms with E-state index in [1.165, 1.54) is 19.0 Å². The first kappa shape index (κ1) is 15.9. The summed E-state index contributed by atoms with van der Waals surface area (Å²) in [7, 11) is 0. The molecule has 1 rings (SSSR count). The molecule has 0 aliphatic carbocycles. The number of hydrogen-bond donors (Lipinski definition) is 0. The first-order valence-corrected chi connectivity index (χ1v) is 1.55. The predicted octanol–water partition coefficient (Wildman–Crippen LogP) is 1.14. The van der Waals surface area contributed by atoms with Crippen LogP contribution in [0, 0.1) is 0 Å². The molecule has 0 saturated heterocycles. The lowest BCUT2D eigenvalue weighted by Crippen LogP contribution is -1.73. The van der Waals surface area contributed by atoms with Crippen LogP contribution in [0.3, 0.4) is 0 Å². The van der Waals surface area contributed by atoms with E-state index >= 15 is 0 Å². The molecule has 0 aromatic carbocycles. The Morgan fingerprint density at radius 2 is 0.778 bits per heavy atom. The summed E-state index contributed by atoms with van der Waals surface area (Å²) in [5.41, 5.74) is 0. The molecule has 0 saturated carbocycles. The van der Waals surface area contributed by atoms with Gasteiger partial charge >= 0.3 is 0 Å². The standard InChI is InChI=1S/C3H3N3.3ClH/c1-4-2-6-3-5-1;;;/h1-3H;3*1H. The number of nitrogens with zero attached hydrogens (tertiary/aromatic N) is 3. The Balaban J connectivity index is -0.000000120. The molecule has 1 heterocycles. The topological polar surface area (TPSA) is 38.7 Å². The molecular weight excluding hydrogens is 184 g/mol. The Bertz CT molecular complexity index is 86.2. The van der Waals surface area contributed by atoms with Crippen molar-refractivity contribution in [3.05, 3.63) is 19.0 Å². The summed E-state index contributed by atoms with van der Waals surface area (Å²) in [5.74, 6) is 0. The SMILES string of the molecule is Cl.Cl.Cl.c1ncncn1. The highest BCUT2D eigenvalue weighted by atomic mass is 35.5. The van der Waals surface area contributed by atoms with Gasteiger partial charge in [-0.3, -0.25) is 0 Å². The van der Waals surface area contributed by atoms with Crippen LogP contribution in [-0.4, -0.2) is 15.0 Å². The van der Waals surface area contributed by atoms with Crippen LogP contribution in [0.1, 0.15) is 0 Å². The molecule has 0 N–H and O–H groups in total. The Morgan fingerprint density at radius 1 is 0.556 bits per heavy atom. The van der Waals surface area contributed by atoms with Crippen molar-refractivity contribution in [1.82, 2.24) is 15.0 Å². The fourth-order valence-corrected chi connectivity index (χ4v) is 0.205. The number of rotatable bonds is 0. The van der Waals surface area contributed by atoms with Crippen LogP contribution in [-0.2, 0) is 0 Å². The summed E-state index contributed by atoms with van der Waals surface area (Å²) in [6.45, 7) is 0. The monoisotopic (exact) mass is 189 g/mol. The van der Waals surface area contributed by atoms with Crippen molar-refractivity contribution in [2.45, 2.75) is 0 Å². The van der Waals surface area contributed by atoms with Gasteiger partial charge in [-0.1, -0.05) is 0 Å². The molecular formula is C3H6Cl3N3. The molecule has 0 spiro atoms. The first-order chi connectivity index (χ1) is 3.00. The van der Waals surface area contributed by atoms with Crippen LogP contribution >= 0.6 is 37.2 Å². The second kappa shape index (κ2) is 10.8. The summed E-state index contributed by atoms with van der Waals surface area (Å²) in [6.07, 6.45) is 4.31. The van der Waals surface area contributed by atoms with Gasteiger partial charge in [0, 0.05) is 0 Å². The molecule has 6 heteroatoms. The highest BCUT2D eigenvalue weighted by molar-refractivity contribution is 5.86. The van der Waals surface area contributed by atoms with E-state index in [4.69, 9.17) is 0 Å². The lowest BCUT2D eigenvalue weighted by molar-refractivity contribution is 1.05. The average Bonchev–Trinajstić information content (AvgIpc) is 1.72. The van der Waals surface area contributed by atoms with Gasteiger partial charge in [0.15, 0.2) is 0 Å². The van der Waals surface area contributed by atoms with E-state index in [2.05, 4.69) is 15.0 Å². The Kier molecular flexibility index (Phi) is 19.1. The minimum Gasteiger partial charge on any atom is -0.225 e. The third kappa shape index (κ3) is 7.88. The van der Waals surface area contributed by atoms with Gasteiger partial charge in [-0.05, 0) is 0 Å². The fraction of sp³-hybridized carbons (Fsp3) is 0. The summed E-state index contributed by atoms with van der Waals surface area (Å²) >= 11 is 0. The highest BCUT2D eigenvalue weighted by Crippen LogP contribution is 1.57. The lowest BCUT2D eigenvalue weighted by Gasteiger charge is -1.69. The zero-order chi connectivity index (χ0) is 4.24. The van der Waals surface area contributed by atoms with Crippen LogP contribution < -0.4 is 0 Å². The normalized spacial score (nSPS) is 5.33. The predicted molar refractivity (Wildman–Crippen MR) is 41.6 cm³/mol. The van der Waals surface area contributed by atoms with E-state index in [-0.39, 0.29) is 37.2 Å². The van der Waals surface area contributed by atoms with Crippen molar-refractivity contribution >= 4 is 37.2 Å². The summed E-state index contributed by atoms with van der Waals surface area (Å²) in [4.78, 5) is 10.7. The molecule has 1 aromatic rings. The minimum absolute atomic E-state index is 0. The third-order valence-corrected chi connectivity index (χ3v) is 0.400. The van der Waals surface area contributed by atoms with E-state index in [1.54, 1.807) is 0 Å². The van der Waals surface area contributed by atoms with E-state index in [9.17, 15) is 0 Å². The van der Waals surface area contributed by atoms with Gasteiger partial charge in [0.1, 0.15) is 19.0 Å². The van der Waals surface area contributed by atoms with E-state index in [0.717, 1.165) is 0 Å². The van der Waals surface area contributed by atoms with Crippen LogP contribution in [0.15, 0.2) is 19.0 Å². The van der Waals surface area contributed by atoms with Gasteiger partial charge in [0.2, 0.25) is 0 Å². The molecule has 0 atom stereocenters. The average molecular weight is 190 g/mol. The van der Waals surface area contributed by atoms with Gasteiger partial charge in [-0.25, -0.2) is 15.0 Å². The summed E-state index contributed by atoms with van der Waals surface area (Å²) in [5, 5.41) is 0. The smallest absolute Gasteiger partial charge is 0.119 e. The van der Waals surface area contributed by atoms with Gasteiger partial charge < -0.3 is 0 Å². The highest BCUT2D eigenvalue weighted by Gasteiger charge is 1.59. The number of hydrogen-bond acceptors (Lipinski definition) is 3. The maximum atomic E-state index is 3.56. The largest absolute Gasteiger partial charge is 0.225 e. The summed E-state index contributed by atoms with van der Waals surface area (Å²) < 4.78 is 0. The van der Waals surface area contributed by atoms with Crippen molar-refractivity contribution < 1.29 is 0 Å². The van der Waals surface area contributed by atoms with E-state index < -0.39 is 0 Å². The molecule has 54 valence electrons. The van der Waals surface area contributed by atoms with Gasteiger partial charge in [0.05, 0.1) is 0 Å². The third-order valence-electron chi connectivity index (χ3n) is 0.400. The van der Waals surface area contributed by atoms with Crippen LogP contribution in [0.5, 0.6) is 0 Å². The molecule has 0 aliphatic heterocycles. The van der Waals surface area contributed by atoms with Crippen LogP contribution in [0.4, 0.5) is 0 Å². The van der Waals surface area contributed by atoms with Gasteiger partial charge in [-0.15, -0.1) is 37.2 Å². The fourth-order valence-electron chi connectivity index (χ4n) is 0.205. The molecule has 9 heavy (non-hydrogen) atoms. The quantitative estimate of drug-likeness (QED) is 0.616. The van der Waals surface area contributed by atoms with Crippen LogP contribution in [0.25, 0.3) is 0 Å². The van der Waals surface area contributed by atoms with Crippen LogP contribution in [0.2, 0.25) is 0 Å². The maximum Gasteiger partial charge on any atom is 0.119 e. The number of aromatic nitrogens is 3. The zero-order valence-corrected chi connectivity index (χ0v) is 6.75. The molecule has 0 aliphatic rings. The first-order valence-electron chi connectivity index (χ1n) is 1.55. The molecule has 0 bridgehead atoms. The Morgan fingerprint density at radius 3 is 0.889 bits per heavy atom. The molecule has 0 fully saturated rings. The maximum absolute atomic E-state index is 3.56. The van der Waals surface area contributed by atoms with Crippen molar-refractivity contribution in [2.24, 2.45) is 0 Å². The minimum atomic E-state index is 0. The van der Waals surface area contributed by atoms with E-state index in [1.807, 2.05) is 0 Å². The lowest BCUT2D eigenvalue weighted by atomic mass is 11.1. The van der Waals surface area contributed by atoms with Crippen molar-refractivity contribution in [3.63, 3.8) is 0 Å². The Hall–Kier alpha value is -0.120. The molecule has 0 amide bonds. The molecule has 1 aromatic heterocycles. The molecule has 0 radical (unpaired) electrons. The van der Waals surface area contributed by atoms with Gasteiger partial charge in [-0.2, -0.15) is 0 Å². The van der Waals surface area contributed by atoms with E-state index in [0.29, 0.717) is 0 Å². The molecule has 3 nitrogen and oxygen atoms in total. The Labute approximate surface area is 71.5 Å². The number of halogens is 3. The van der Waals surface area contributed by atoms with Gasteiger partial charge in [0.25, 0.3) is 0 Å². The summed E-state index contributed by atoms with van der Waals surface area (Å²) in [6, 6.07) is 0. The molecule has 0 unspecified atom stereocenters. The van der Waals surface area contributed by atoms with Crippen molar-refractivity contribution in [1.29, 1.82) is 0 Å². The second-order valence-corrected chi connectivity index (χ2v) is 0.794.